The van der Waals surface area contributed by atoms with E-state index in [0.29, 0.717) is 17.9 Å². The zero-order valence-corrected chi connectivity index (χ0v) is 13.0. The Bertz CT molecular complexity index is 776. The number of aryl methyl sites for hydroxylation is 1. The Morgan fingerprint density at radius 3 is 2.59 bits per heavy atom. The molecule has 1 aromatic heterocycles. The summed E-state index contributed by atoms with van der Waals surface area (Å²) >= 11 is 0. The van der Waals surface area contributed by atoms with E-state index in [1.807, 2.05) is 6.92 Å². The lowest BCUT2D eigenvalue weighted by Crippen LogP contribution is -2.37. The number of nitrogens with zero attached hydrogens (tertiary/aromatic N) is 1. The number of furan rings is 1. The van der Waals surface area contributed by atoms with Gasteiger partial charge < -0.3 is 9.52 Å². The summed E-state index contributed by atoms with van der Waals surface area (Å²) in [7, 11) is -3.75. The van der Waals surface area contributed by atoms with Gasteiger partial charge in [0.05, 0.1) is 29.5 Å². The molecule has 1 aliphatic rings. The van der Waals surface area contributed by atoms with Crippen molar-refractivity contribution in [3.63, 3.8) is 0 Å². The number of aliphatic hydroxyl groups is 1. The average molecular weight is 319 g/mol. The summed E-state index contributed by atoms with van der Waals surface area (Å²) in [6.07, 6.45) is 3.74. The van der Waals surface area contributed by atoms with Crippen molar-refractivity contribution in [2.75, 3.05) is 6.61 Å². The Labute approximate surface area is 129 Å². The highest BCUT2D eigenvalue weighted by molar-refractivity contribution is 7.89. The van der Waals surface area contributed by atoms with E-state index in [9.17, 15) is 13.5 Å². The van der Waals surface area contributed by atoms with Crippen molar-refractivity contribution in [1.82, 2.24) is 4.31 Å². The minimum atomic E-state index is -3.75. The molecular weight excluding hydrogens is 302 g/mol. The Morgan fingerprint density at radius 1 is 1.27 bits per heavy atom. The van der Waals surface area contributed by atoms with Crippen molar-refractivity contribution in [1.29, 1.82) is 0 Å². The highest BCUT2D eigenvalue weighted by atomic mass is 32.2. The first-order valence-corrected chi connectivity index (χ1v) is 8.44. The predicted molar refractivity (Wildman–Crippen MR) is 82.4 cm³/mol. The van der Waals surface area contributed by atoms with E-state index in [4.69, 9.17) is 4.42 Å². The third-order valence-electron chi connectivity index (χ3n) is 3.71. The molecule has 5 nitrogen and oxygen atoms in total. The zero-order chi connectivity index (χ0) is 15.7. The lowest BCUT2D eigenvalue weighted by atomic mass is 10.2. The van der Waals surface area contributed by atoms with Gasteiger partial charge in [-0.3, -0.25) is 4.31 Å². The number of hydrogen-bond donors (Lipinski definition) is 1. The van der Waals surface area contributed by atoms with Gasteiger partial charge in [-0.15, -0.1) is 0 Å². The summed E-state index contributed by atoms with van der Waals surface area (Å²) in [4.78, 5) is 0.205. The van der Waals surface area contributed by atoms with E-state index in [0.717, 1.165) is 5.56 Å². The van der Waals surface area contributed by atoms with Crippen LogP contribution in [0.3, 0.4) is 0 Å². The van der Waals surface area contributed by atoms with Crippen LogP contribution in [0.4, 0.5) is 0 Å². The molecule has 0 radical (unpaired) electrons. The second kappa shape index (κ2) is 5.62. The molecule has 2 heterocycles. The van der Waals surface area contributed by atoms with Crippen LogP contribution in [0, 0.1) is 6.92 Å². The predicted octanol–water partition coefficient (Wildman–Crippen LogP) is 2.38. The highest BCUT2D eigenvalue weighted by Gasteiger charge is 2.37. The zero-order valence-electron chi connectivity index (χ0n) is 12.1. The first kappa shape index (κ1) is 14.9. The van der Waals surface area contributed by atoms with E-state index in [1.54, 1.807) is 42.5 Å². The van der Waals surface area contributed by atoms with Crippen LogP contribution in [0.2, 0.25) is 0 Å². The van der Waals surface area contributed by atoms with Crippen LogP contribution in [0.25, 0.3) is 5.70 Å². The summed E-state index contributed by atoms with van der Waals surface area (Å²) in [6, 6.07) is 9.59. The molecule has 0 saturated heterocycles. The van der Waals surface area contributed by atoms with Crippen molar-refractivity contribution in [3.05, 3.63) is 60.1 Å². The normalized spacial score (nSPS) is 18.5. The number of hydrogen-bond acceptors (Lipinski definition) is 4. The summed E-state index contributed by atoms with van der Waals surface area (Å²) < 4.78 is 32.5. The molecule has 1 N–H and O–H groups in total. The third-order valence-corrected chi connectivity index (χ3v) is 5.60. The molecule has 0 fully saturated rings. The van der Waals surface area contributed by atoms with Crippen LogP contribution < -0.4 is 0 Å². The van der Waals surface area contributed by atoms with Gasteiger partial charge in [-0.25, -0.2) is 8.42 Å². The number of aliphatic hydroxyl groups excluding tert-OH is 1. The summed E-state index contributed by atoms with van der Waals surface area (Å²) in [5.74, 6) is 0.478. The molecule has 0 saturated carbocycles. The molecule has 2 aromatic rings. The molecule has 0 spiro atoms. The fourth-order valence-corrected chi connectivity index (χ4v) is 4.24. The summed E-state index contributed by atoms with van der Waals surface area (Å²) in [5, 5.41) is 9.54. The van der Waals surface area contributed by atoms with Crippen molar-refractivity contribution in [3.8, 4) is 0 Å². The smallest absolute Gasteiger partial charge is 0.264 e. The summed E-state index contributed by atoms with van der Waals surface area (Å²) in [6.45, 7) is 1.66. The molecule has 1 unspecified atom stereocenters. The lowest BCUT2D eigenvalue weighted by Gasteiger charge is -2.27. The maximum Gasteiger partial charge on any atom is 0.264 e. The number of sulfonamides is 1. The van der Waals surface area contributed by atoms with Gasteiger partial charge in [-0.05, 0) is 37.6 Å². The van der Waals surface area contributed by atoms with Gasteiger partial charge >= 0.3 is 0 Å². The van der Waals surface area contributed by atoms with Gasteiger partial charge in [-0.2, -0.15) is 0 Å². The van der Waals surface area contributed by atoms with Gasteiger partial charge in [0.25, 0.3) is 10.0 Å². The topological polar surface area (TPSA) is 70.8 Å². The standard InChI is InChI=1S/C16H17NO4S/c1-12-4-7-14(8-5-12)22(19,20)17-13(11-18)6-9-15(17)16-3-2-10-21-16/h2-5,7-10,13,18H,6,11H2,1H3. The molecule has 116 valence electrons. The molecule has 0 bridgehead atoms. The molecular formula is C16H17NO4S. The van der Waals surface area contributed by atoms with Crippen molar-refractivity contribution in [2.45, 2.75) is 24.3 Å². The molecule has 0 amide bonds. The molecule has 0 aliphatic carbocycles. The minimum Gasteiger partial charge on any atom is -0.463 e. The fraction of sp³-hybridized carbons (Fsp3) is 0.250. The SMILES string of the molecule is Cc1ccc(S(=O)(=O)N2C(c3ccco3)=CCC2CO)cc1. The second-order valence-corrected chi connectivity index (χ2v) is 7.07. The fourth-order valence-electron chi connectivity index (χ4n) is 2.56. The van der Waals surface area contributed by atoms with E-state index >= 15 is 0 Å². The average Bonchev–Trinajstić information content (AvgIpc) is 3.16. The van der Waals surface area contributed by atoms with Gasteiger partial charge in [0.1, 0.15) is 0 Å². The van der Waals surface area contributed by atoms with Gasteiger partial charge in [0.2, 0.25) is 0 Å². The molecule has 1 atom stereocenters. The van der Waals surface area contributed by atoms with Crippen molar-refractivity contribution < 1.29 is 17.9 Å². The van der Waals surface area contributed by atoms with Crippen LogP contribution in [-0.4, -0.2) is 30.5 Å². The van der Waals surface area contributed by atoms with Gasteiger partial charge in [0, 0.05) is 0 Å². The van der Waals surface area contributed by atoms with Crippen LogP contribution in [0.1, 0.15) is 17.7 Å². The third kappa shape index (κ3) is 2.44. The largest absolute Gasteiger partial charge is 0.463 e. The maximum atomic E-state index is 13.0. The maximum absolute atomic E-state index is 13.0. The van der Waals surface area contributed by atoms with Gasteiger partial charge in [0.15, 0.2) is 5.76 Å². The molecule has 22 heavy (non-hydrogen) atoms. The van der Waals surface area contributed by atoms with E-state index in [2.05, 4.69) is 0 Å². The van der Waals surface area contributed by atoms with Crippen molar-refractivity contribution >= 4 is 15.7 Å². The number of rotatable bonds is 4. The van der Waals surface area contributed by atoms with E-state index < -0.39 is 16.1 Å². The quantitative estimate of drug-likeness (QED) is 0.939. The van der Waals surface area contributed by atoms with Gasteiger partial charge in [-0.1, -0.05) is 23.8 Å². The Kier molecular flexibility index (Phi) is 3.80. The lowest BCUT2D eigenvalue weighted by molar-refractivity contribution is 0.224. The number of benzene rings is 1. The monoisotopic (exact) mass is 319 g/mol. The highest BCUT2D eigenvalue weighted by Crippen LogP contribution is 2.35. The Hall–Kier alpha value is -2.05. The van der Waals surface area contributed by atoms with Crippen LogP contribution >= 0.6 is 0 Å². The second-order valence-electron chi connectivity index (χ2n) is 5.25. The molecule has 1 aliphatic heterocycles. The van der Waals surface area contributed by atoms with E-state index in [-0.39, 0.29) is 11.5 Å². The van der Waals surface area contributed by atoms with Crippen molar-refractivity contribution in [2.24, 2.45) is 0 Å². The first-order chi connectivity index (χ1) is 10.5. The van der Waals surface area contributed by atoms with Crippen LogP contribution in [-0.2, 0) is 10.0 Å². The Morgan fingerprint density at radius 2 is 2.00 bits per heavy atom. The van der Waals surface area contributed by atoms with Crippen LogP contribution in [0.15, 0.2) is 58.1 Å². The molecule has 3 rings (SSSR count). The minimum absolute atomic E-state index is 0.205. The molecule has 6 heteroatoms. The Balaban J connectivity index is 2.05. The summed E-state index contributed by atoms with van der Waals surface area (Å²) in [5.41, 5.74) is 1.46. The van der Waals surface area contributed by atoms with Crippen LogP contribution in [0.5, 0.6) is 0 Å². The first-order valence-electron chi connectivity index (χ1n) is 7.00. The molecule has 1 aromatic carbocycles. The van der Waals surface area contributed by atoms with E-state index in [1.165, 1.54) is 10.6 Å².